The third-order valence-electron chi connectivity index (χ3n) is 5.00. The molecule has 2 N–H and O–H groups in total. The molecule has 0 spiro atoms. The Hall–Kier alpha value is -1.10. The fourth-order valence-electron chi connectivity index (χ4n) is 3.53. The first-order valence-corrected chi connectivity index (χ1v) is 8.20. The van der Waals surface area contributed by atoms with E-state index in [1.165, 1.54) is 57.7 Å². The van der Waals surface area contributed by atoms with E-state index >= 15 is 0 Å². The number of piperidine rings is 1. The average molecular weight is 288 g/mol. The first-order chi connectivity index (χ1) is 10.2. The predicted molar refractivity (Wildman–Crippen MR) is 88.2 cm³/mol. The summed E-state index contributed by atoms with van der Waals surface area (Å²) < 4.78 is 0. The smallest absolute Gasteiger partial charge is 0.0314 e. The van der Waals surface area contributed by atoms with Gasteiger partial charge in [0.2, 0.25) is 0 Å². The Labute approximate surface area is 128 Å². The fraction of sp³-hybridized carbons (Fsp3) is 0.647. The zero-order valence-electron chi connectivity index (χ0n) is 13.2. The van der Waals surface area contributed by atoms with Crippen LogP contribution in [0.4, 0.5) is 5.69 Å². The molecule has 21 heavy (non-hydrogen) atoms. The van der Waals surface area contributed by atoms with Crippen LogP contribution in [0, 0.1) is 0 Å². The van der Waals surface area contributed by atoms with Crippen LogP contribution in [-0.4, -0.2) is 67.1 Å². The van der Waals surface area contributed by atoms with Crippen LogP contribution in [0.2, 0.25) is 0 Å². The van der Waals surface area contributed by atoms with Gasteiger partial charge in [-0.3, -0.25) is 9.80 Å². The minimum Gasteiger partial charge on any atom is -0.399 e. The third-order valence-corrected chi connectivity index (χ3v) is 5.00. The molecule has 2 fully saturated rings. The maximum atomic E-state index is 5.75. The van der Waals surface area contributed by atoms with Crippen molar-refractivity contribution in [2.24, 2.45) is 0 Å². The SMILES string of the molecule is CN1CCC(N2CCN(Cc3ccc(N)cc3)CC2)CC1. The number of rotatable bonds is 3. The van der Waals surface area contributed by atoms with Gasteiger partial charge in [0.05, 0.1) is 0 Å². The molecule has 0 unspecified atom stereocenters. The van der Waals surface area contributed by atoms with E-state index in [4.69, 9.17) is 5.73 Å². The summed E-state index contributed by atoms with van der Waals surface area (Å²) >= 11 is 0. The highest BCUT2D eigenvalue weighted by atomic mass is 15.3. The lowest BCUT2D eigenvalue weighted by molar-refractivity contribution is 0.0618. The largest absolute Gasteiger partial charge is 0.399 e. The molecular formula is C17H28N4. The van der Waals surface area contributed by atoms with Crippen LogP contribution in [0.25, 0.3) is 0 Å². The van der Waals surface area contributed by atoms with Crippen molar-refractivity contribution in [3.63, 3.8) is 0 Å². The van der Waals surface area contributed by atoms with Crippen LogP contribution < -0.4 is 5.73 Å². The Morgan fingerprint density at radius 1 is 0.952 bits per heavy atom. The van der Waals surface area contributed by atoms with Gasteiger partial charge in [-0.15, -0.1) is 0 Å². The topological polar surface area (TPSA) is 35.7 Å². The van der Waals surface area contributed by atoms with Crippen molar-refractivity contribution in [1.29, 1.82) is 0 Å². The number of anilines is 1. The highest BCUT2D eigenvalue weighted by Gasteiger charge is 2.26. The molecule has 0 atom stereocenters. The van der Waals surface area contributed by atoms with Crippen molar-refractivity contribution < 1.29 is 0 Å². The van der Waals surface area contributed by atoms with E-state index in [1.807, 2.05) is 12.1 Å². The fourth-order valence-corrected chi connectivity index (χ4v) is 3.53. The van der Waals surface area contributed by atoms with Crippen molar-refractivity contribution in [2.75, 3.05) is 52.0 Å². The number of nitrogens with zero attached hydrogens (tertiary/aromatic N) is 3. The normalized spacial score (nSPS) is 23.5. The number of nitrogen functional groups attached to an aromatic ring is 1. The lowest BCUT2D eigenvalue weighted by Crippen LogP contribution is -2.52. The summed E-state index contributed by atoms with van der Waals surface area (Å²) in [5.74, 6) is 0. The van der Waals surface area contributed by atoms with Crippen molar-refractivity contribution >= 4 is 5.69 Å². The number of nitrogens with two attached hydrogens (primary N) is 1. The summed E-state index contributed by atoms with van der Waals surface area (Å²) in [6.45, 7) is 8.41. The molecular weight excluding hydrogens is 260 g/mol. The molecule has 4 nitrogen and oxygen atoms in total. The van der Waals surface area contributed by atoms with Crippen LogP contribution in [0.1, 0.15) is 18.4 Å². The minimum absolute atomic E-state index is 0.819. The van der Waals surface area contributed by atoms with Crippen molar-refractivity contribution in [3.8, 4) is 0 Å². The van der Waals surface area contributed by atoms with Crippen molar-refractivity contribution in [2.45, 2.75) is 25.4 Å². The number of piperazine rings is 1. The Balaban J connectivity index is 1.45. The number of benzene rings is 1. The molecule has 2 aliphatic heterocycles. The summed E-state index contributed by atoms with van der Waals surface area (Å²) in [6.07, 6.45) is 2.68. The van der Waals surface area contributed by atoms with E-state index in [0.717, 1.165) is 18.3 Å². The van der Waals surface area contributed by atoms with Gasteiger partial charge in [-0.25, -0.2) is 0 Å². The van der Waals surface area contributed by atoms with Gasteiger partial charge in [0, 0.05) is 44.5 Å². The Morgan fingerprint density at radius 3 is 2.19 bits per heavy atom. The Bertz CT molecular complexity index is 429. The Morgan fingerprint density at radius 2 is 1.57 bits per heavy atom. The molecule has 0 aromatic heterocycles. The first-order valence-electron chi connectivity index (χ1n) is 8.20. The standard InChI is InChI=1S/C17H28N4/c1-19-8-6-17(7-9-19)21-12-10-20(11-13-21)14-15-2-4-16(18)5-3-15/h2-5,17H,6-14,18H2,1H3. The second-order valence-corrected chi connectivity index (χ2v) is 6.59. The van der Waals surface area contributed by atoms with Gasteiger partial charge >= 0.3 is 0 Å². The van der Waals surface area contributed by atoms with E-state index in [-0.39, 0.29) is 0 Å². The molecule has 0 amide bonds. The molecule has 2 aliphatic rings. The molecule has 1 aromatic carbocycles. The van der Waals surface area contributed by atoms with Crippen LogP contribution in [0.15, 0.2) is 24.3 Å². The molecule has 0 saturated carbocycles. The summed E-state index contributed by atoms with van der Waals surface area (Å²) in [5.41, 5.74) is 7.97. The summed E-state index contributed by atoms with van der Waals surface area (Å²) in [6, 6.07) is 9.13. The molecule has 3 rings (SSSR count). The second-order valence-electron chi connectivity index (χ2n) is 6.59. The van der Waals surface area contributed by atoms with Gasteiger partial charge in [-0.1, -0.05) is 12.1 Å². The average Bonchev–Trinajstić information content (AvgIpc) is 2.51. The van der Waals surface area contributed by atoms with Gasteiger partial charge in [-0.2, -0.15) is 0 Å². The van der Waals surface area contributed by atoms with Gasteiger partial charge < -0.3 is 10.6 Å². The molecule has 2 heterocycles. The zero-order valence-corrected chi connectivity index (χ0v) is 13.2. The van der Waals surface area contributed by atoms with Crippen LogP contribution in [0.5, 0.6) is 0 Å². The van der Waals surface area contributed by atoms with Crippen LogP contribution in [-0.2, 0) is 6.54 Å². The predicted octanol–water partition coefficient (Wildman–Crippen LogP) is 1.48. The van der Waals surface area contributed by atoms with Gasteiger partial charge in [-0.05, 0) is 50.7 Å². The monoisotopic (exact) mass is 288 g/mol. The number of likely N-dealkylation sites (tertiary alicyclic amines) is 1. The zero-order chi connectivity index (χ0) is 14.7. The molecule has 1 aromatic rings. The van der Waals surface area contributed by atoms with Gasteiger partial charge in [0.1, 0.15) is 0 Å². The van der Waals surface area contributed by atoms with Crippen molar-refractivity contribution in [1.82, 2.24) is 14.7 Å². The number of hydrogen-bond acceptors (Lipinski definition) is 4. The first kappa shape index (κ1) is 14.8. The third kappa shape index (κ3) is 3.96. The highest BCUT2D eigenvalue weighted by Crippen LogP contribution is 2.18. The van der Waals surface area contributed by atoms with Crippen LogP contribution >= 0.6 is 0 Å². The molecule has 0 radical (unpaired) electrons. The summed E-state index contributed by atoms with van der Waals surface area (Å²) in [4.78, 5) is 7.73. The summed E-state index contributed by atoms with van der Waals surface area (Å²) in [7, 11) is 2.24. The van der Waals surface area contributed by atoms with Crippen LogP contribution in [0.3, 0.4) is 0 Å². The summed E-state index contributed by atoms with van der Waals surface area (Å²) in [5, 5.41) is 0. The maximum Gasteiger partial charge on any atom is 0.0314 e. The van der Waals surface area contributed by atoms with Gasteiger partial charge in [0.15, 0.2) is 0 Å². The van der Waals surface area contributed by atoms with E-state index in [1.54, 1.807) is 0 Å². The second kappa shape index (κ2) is 6.77. The van der Waals surface area contributed by atoms with E-state index in [2.05, 4.69) is 33.9 Å². The Kier molecular flexibility index (Phi) is 4.78. The number of hydrogen-bond donors (Lipinski definition) is 1. The lowest BCUT2D eigenvalue weighted by Gasteiger charge is -2.42. The maximum absolute atomic E-state index is 5.75. The molecule has 4 heteroatoms. The minimum atomic E-state index is 0.819. The van der Waals surface area contributed by atoms with Crippen molar-refractivity contribution in [3.05, 3.63) is 29.8 Å². The quantitative estimate of drug-likeness (QED) is 0.855. The molecule has 116 valence electrons. The molecule has 0 aliphatic carbocycles. The van der Waals surface area contributed by atoms with E-state index in [0.29, 0.717) is 0 Å². The van der Waals surface area contributed by atoms with E-state index in [9.17, 15) is 0 Å². The van der Waals surface area contributed by atoms with Gasteiger partial charge in [0.25, 0.3) is 0 Å². The van der Waals surface area contributed by atoms with E-state index < -0.39 is 0 Å². The highest BCUT2D eigenvalue weighted by molar-refractivity contribution is 5.39. The molecule has 0 bridgehead atoms. The lowest BCUT2D eigenvalue weighted by atomic mass is 10.0. The molecule has 2 saturated heterocycles.